The molecule has 0 spiro atoms. The van der Waals surface area contributed by atoms with Crippen LogP contribution in [-0.4, -0.2) is 17.9 Å². The van der Waals surface area contributed by atoms with E-state index in [1.165, 1.54) is 23.1 Å². The fourth-order valence-corrected chi connectivity index (χ4v) is 3.99. The Bertz CT molecular complexity index is 912. The Morgan fingerprint density at radius 3 is 2.38 bits per heavy atom. The summed E-state index contributed by atoms with van der Waals surface area (Å²) < 4.78 is 0. The number of carbonyl (C=O) groups excluding carboxylic acids is 1. The standard InChI is InChI=1S/C21H22N2O.C2H6.2H2/c1-14-7-9-15(10-8-14)21(11-4-12-21)18-13-23-19-16(18)5-3-6-17(19)20(24)22-2;1-2;;/h3,5-10,13,23H,4,11-12H2,1-2H3,(H,22,24);1-2H3;2*1H. The number of aryl methyl sites for hydroxylation is 1. The lowest BCUT2D eigenvalue weighted by atomic mass is 9.60. The number of para-hydroxylation sites is 1. The van der Waals surface area contributed by atoms with Crippen molar-refractivity contribution in [2.75, 3.05) is 7.05 Å². The third-order valence-corrected chi connectivity index (χ3v) is 5.51. The summed E-state index contributed by atoms with van der Waals surface area (Å²) in [5.41, 5.74) is 5.70. The van der Waals surface area contributed by atoms with Crippen LogP contribution in [0.1, 0.15) is 63.0 Å². The number of hydrogen-bond donors (Lipinski definition) is 2. The van der Waals surface area contributed by atoms with Crippen molar-refractivity contribution in [1.29, 1.82) is 0 Å². The molecule has 1 heterocycles. The topological polar surface area (TPSA) is 44.9 Å². The first-order valence-corrected chi connectivity index (χ1v) is 9.55. The minimum atomic E-state index is -0.0491. The van der Waals surface area contributed by atoms with Gasteiger partial charge in [0, 0.05) is 26.9 Å². The van der Waals surface area contributed by atoms with Gasteiger partial charge in [-0.1, -0.05) is 62.2 Å². The van der Waals surface area contributed by atoms with Gasteiger partial charge in [0.1, 0.15) is 0 Å². The number of fused-ring (bicyclic) bond motifs is 1. The molecule has 26 heavy (non-hydrogen) atoms. The number of aromatic nitrogens is 1. The van der Waals surface area contributed by atoms with Gasteiger partial charge in [0.25, 0.3) is 5.91 Å². The Kier molecular flexibility index (Phi) is 5.17. The number of amides is 1. The van der Waals surface area contributed by atoms with Crippen LogP contribution >= 0.6 is 0 Å². The molecule has 0 atom stereocenters. The number of rotatable bonds is 3. The minimum Gasteiger partial charge on any atom is -0.360 e. The molecule has 1 aromatic heterocycles. The summed E-state index contributed by atoms with van der Waals surface area (Å²) >= 11 is 0. The van der Waals surface area contributed by atoms with Crippen LogP contribution in [0.15, 0.2) is 48.7 Å². The van der Waals surface area contributed by atoms with Crippen molar-refractivity contribution in [2.45, 2.75) is 45.4 Å². The molecule has 0 aliphatic heterocycles. The number of H-pyrrole nitrogens is 1. The highest BCUT2D eigenvalue weighted by Gasteiger charge is 2.42. The number of aromatic amines is 1. The maximum Gasteiger partial charge on any atom is 0.253 e. The third kappa shape index (κ3) is 2.82. The Morgan fingerprint density at radius 2 is 1.81 bits per heavy atom. The molecule has 1 amide bonds. The zero-order valence-corrected chi connectivity index (χ0v) is 16.1. The molecule has 4 rings (SSSR count). The first-order valence-electron chi connectivity index (χ1n) is 9.55. The smallest absolute Gasteiger partial charge is 0.253 e. The van der Waals surface area contributed by atoms with E-state index in [9.17, 15) is 4.79 Å². The highest BCUT2D eigenvalue weighted by molar-refractivity contribution is 6.06. The van der Waals surface area contributed by atoms with E-state index in [2.05, 4.69) is 53.8 Å². The van der Waals surface area contributed by atoms with Gasteiger partial charge < -0.3 is 10.3 Å². The van der Waals surface area contributed by atoms with Crippen LogP contribution in [0.4, 0.5) is 0 Å². The molecular weight excluding hydrogens is 320 g/mol. The second kappa shape index (κ2) is 7.36. The highest BCUT2D eigenvalue weighted by atomic mass is 16.1. The van der Waals surface area contributed by atoms with Gasteiger partial charge in [0.2, 0.25) is 0 Å². The molecule has 3 nitrogen and oxygen atoms in total. The monoisotopic (exact) mass is 352 g/mol. The van der Waals surface area contributed by atoms with Crippen LogP contribution in [-0.2, 0) is 5.41 Å². The molecular formula is C23H32N2O. The molecule has 1 saturated carbocycles. The number of carbonyl (C=O) groups is 1. The van der Waals surface area contributed by atoms with Crippen LogP contribution in [0.3, 0.4) is 0 Å². The summed E-state index contributed by atoms with van der Waals surface area (Å²) in [6.07, 6.45) is 5.67. The Labute approximate surface area is 158 Å². The first-order chi connectivity index (χ1) is 12.7. The van der Waals surface area contributed by atoms with Crippen LogP contribution in [0.2, 0.25) is 0 Å². The number of nitrogens with one attached hydrogen (secondary N) is 2. The molecule has 0 saturated heterocycles. The van der Waals surface area contributed by atoms with Crippen LogP contribution in [0.5, 0.6) is 0 Å². The Balaban J connectivity index is 0.000000950. The van der Waals surface area contributed by atoms with Gasteiger partial charge in [-0.05, 0) is 37.0 Å². The van der Waals surface area contributed by atoms with Crippen LogP contribution in [0.25, 0.3) is 10.9 Å². The van der Waals surface area contributed by atoms with E-state index >= 15 is 0 Å². The molecule has 3 aromatic rings. The normalized spacial score (nSPS) is 14.9. The van der Waals surface area contributed by atoms with E-state index in [4.69, 9.17) is 0 Å². The lowest BCUT2D eigenvalue weighted by Crippen LogP contribution is -2.35. The van der Waals surface area contributed by atoms with Crippen molar-refractivity contribution >= 4 is 16.8 Å². The van der Waals surface area contributed by atoms with Crippen LogP contribution in [0, 0.1) is 6.92 Å². The van der Waals surface area contributed by atoms with E-state index in [1.54, 1.807) is 7.05 Å². The van der Waals surface area contributed by atoms with Gasteiger partial charge in [0.15, 0.2) is 0 Å². The average molecular weight is 353 g/mol. The molecule has 1 fully saturated rings. The average Bonchev–Trinajstić information content (AvgIpc) is 3.08. The Hall–Kier alpha value is -2.55. The van der Waals surface area contributed by atoms with Crippen molar-refractivity contribution in [3.63, 3.8) is 0 Å². The summed E-state index contributed by atoms with van der Waals surface area (Å²) in [5, 5.41) is 3.89. The van der Waals surface area contributed by atoms with Crippen LogP contribution < -0.4 is 5.32 Å². The lowest BCUT2D eigenvalue weighted by Gasteiger charge is -2.42. The quantitative estimate of drug-likeness (QED) is 0.612. The van der Waals surface area contributed by atoms with Crippen molar-refractivity contribution < 1.29 is 7.65 Å². The second-order valence-corrected chi connectivity index (χ2v) is 6.81. The van der Waals surface area contributed by atoms with Gasteiger partial charge in [-0.3, -0.25) is 4.79 Å². The molecule has 1 aliphatic rings. The van der Waals surface area contributed by atoms with Crippen molar-refractivity contribution in [3.8, 4) is 0 Å². The zero-order valence-electron chi connectivity index (χ0n) is 16.1. The number of hydrogen-bond acceptors (Lipinski definition) is 1. The van der Waals surface area contributed by atoms with Gasteiger partial charge in [-0.15, -0.1) is 0 Å². The summed E-state index contributed by atoms with van der Waals surface area (Å²) in [4.78, 5) is 15.5. The maximum absolute atomic E-state index is 12.1. The molecule has 0 unspecified atom stereocenters. The van der Waals surface area contributed by atoms with Crippen molar-refractivity contribution in [3.05, 3.63) is 70.9 Å². The summed E-state index contributed by atoms with van der Waals surface area (Å²) in [6.45, 7) is 6.12. The fourth-order valence-electron chi connectivity index (χ4n) is 3.99. The molecule has 1 aliphatic carbocycles. The SMILES string of the molecule is CC.CNC(=O)c1cccc2c(C3(c4ccc(C)cc4)CCC3)c[nH]c12.[HH].[HH]. The number of benzene rings is 2. The molecule has 2 N–H and O–H groups in total. The summed E-state index contributed by atoms with van der Waals surface area (Å²) in [6, 6.07) is 14.9. The van der Waals surface area contributed by atoms with Crippen molar-refractivity contribution in [1.82, 2.24) is 10.3 Å². The molecule has 2 aromatic carbocycles. The minimum absolute atomic E-state index is 0. The van der Waals surface area contributed by atoms with Gasteiger partial charge in [-0.2, -0.15) is 0 Å². The predicted octanol–water partition coefficient (Wildman–Crippen LogP) is 5.82. The molecule has 140 valence electrons. The maximum atomic E-state index is 12.1. The van der Waals surface area contributed by atoms with Crippen molar-refractivity contribution in [2.24, 2.45) is 0 Å². The molecule has 0 bridgehead atoms. The predicted molar refractivity (Wildman–Crippen MR) is 113 cm³/mol. The molecule has 0 radical (unpaired) electrons. The summed E-state index contributed by atoms with van der Waals surface area (Å²) in [7, 11) is 1.67. The van der Waals surface area contributed by atoms with Gasteiger partial charge >= 0.3 is 0 Å². The van der Waals surface area contributed by atoms with E-state index < -0.39 is 0 Å². The molecule has 3 heteroatoms. The van der Waals surface area contributed by atoms with E-state index in [0.29, 0.717) is 5.56 Å². The van der Waals surface area contributed by atoms with E-state index in [1.807, 2.05) is 26.0 Å². The van der Waals surface area contributed by atoms with E-state index in [0.717, 1.165) is 23.7 Å². The lowest BCUT2D eigenvalue weighted by molar-refractivity contribution is 0.0964. The van der Waals surface area contributed by atoms with Gasteiger partial charge in [0.05, 0.1) is 11.1 Å². The third-order valence-electron chi connectivity index (χ3n) is 5.51. The summed E-state index contributed by atoms with van der Waals surface area (Å²) in [5.74, 6) is -0.0491. The zero-order chi connectivity index (χ0) is 18.7. The second-order valence-electron chi connectivity index (χ2n) is 6.81. The van der Waals surface area contributed by atoms with Gasteiger partial charge in [-0.25, -0.2) is 0 Å². The first kappa shape index (κ1) is 18.2. The fraction of sp³-hybridized carbons (Fsp3) is 0.348. The Morgan fingerprint density at radius 1 is 1.12 bits per heavy atom. The highest BCUT2D eigenvalue weighted by Crippen LogP contribution is 2.51. The largest absolute Gasteiger partial charge is 0.360 e. The van der Waals surface area contributed by atoms with E-state index in [-0.39, 0.29) is 14.2 Å².